The van der Waals surface area contributed by atoms with Crippen LogP contribution in [-0.2, 0) is 0 Å². The monoisotopic (exact) mass is 238 g/mol. The van der Waals surface area contributed by atoms with Crippen molar-refractivity contribution in [3.63, 3.8) is 0 Å². The molecule has 0 fully saturated rings. The number of pyridine rings is 2. The number of hydrogen-bond donors (Lipinski definition) is 0. The molecular formula is C15H11FN2. The second kappa shape index (κ2) is 4.18. The third-order valence-corrected chi connectivity index (χ3v) is 2.97. The van der Waals surface area contributed by atoms with Gasteiger partial charge < -0.3 is 0 Å². The minimum atomic E-state index is -0.219. The van der Waals surface area contributed by atoms with E-state index >= 15 is 0 Å². The zero-order chi connectivity index (χ0) is 12.5. The molecule has 0 spiro atoms. The summed E-state index contributed by atoms with van der Waals surface area (Å²) in [6, 6.07) is 10.6. The summed E-state index contributed by atoms with van der Waals surface area (Å²) in [6.45, 7) is 1.89. The van der Waals surface area contributed by atoms with Crippen LogP contribution in [0.1, 0.15) is 5.69 Å². The van der Waals surface area contributed by atoms with Crippen molar-refractivity contribution in [2.45, 2.75) is 6.92 Å². The van der Waals surface area contributed by atoms with Crippen molar-refractivity contribution < 1.29 is 4.39 Å². The number of fused-ring (bicyclic) bond motifs is 1. The molecule has 0 aliphatic rings. The predicted molar refractivity (Wildman–Crippen MR) is 69.7 cm³/mol. The zero-order valence-corrected chi connectivity index (χ0v) is 9.89. The van der Waals surface area contributed by atoms with Gasteiger partial charge in [-0.3, -0.25) is 9.97 Å². The Hall–Kier alpha value is -2.29. The van der Waals surface area contributed by atoms with E-state index in [1.165, 1.54) is 6.07 Å². The normalized spacial score (nSPS) is 10.8. The molecule has 0 amide bonds. The minimum absolute atomic E-state index is 0.219. The van der Waals surface area contributed by atoms with Crippen molar-refractivity contribution in [3.05, 3.63) is 60.3 Å². The van der Waals surface area contributed by atoms with Crippen molar-refractivity contribution >= 4 is 10.8 Å². The Labute approximate surface area is 104 Å². The van der Waals surface area contributed by atoms with Crippen LogP contribution < -0.4 is 0 Å². The fraction of sp³-hybridized carbons (Fsp3) is 0.0667. The van der Waals surface area contributed by atoms with Crippen molar-refractivity contribution in [1.29, 1.82) is 0 Å². The molecule has 88 valence electrons. The molecule has 0 bridgehead atoms. The molecule has 3 aromatic rings. The van der Waals surface area contributed by atoms with Crippen molar-refractivity contribution in [1.82, 2.24) is 9.97 Å². The van der Waals surface area contributed by atoms with E-state index in [0.29, 0.717) is 5.39 Å². The maximum absolute atomic E-state index is 13.8. The predicted octanol–water partition coefficient (Wildman–Crippen LogP) is 3.74. The van der Waals surface area contributed by atoms with Crippen LogP contribution in [-0.4, -0.2) is 9.97 Å². The van der Waals surface area contributed by atoms with Crippen LogP contribution in [0, 0.1) is 12.7 Å². The van der Waals surface area contributed by atoms with Gasteiger partial charge >= 0.3 is 0 Å². The molecule has 0 unspecified atom stereocenters. The number of halogens is 1. The zero-order valence-electron chi connectivity index (χ0n) is 9.89. The van der Waals surface area contributed by atoms with Gasteiger partial charge in [-0.05, 0) is 31.2 Å². The van der Waals surface area contributed by atoms with Crippen molar-refractivity contribution in [3.8, 4) is 11.3 Å². The Morgan fingerprint density at radius 3 is 2.72 bits per heavy atom. The van der Waals surface area contributed by atoms with Crippen LogP contribution in [0.2, 0.25) is 0 Å². The highest BCUT2D eigenvalue weighted by atomic mass is 19.1. The average molecular weight is 238 g/mol. The molecule has 3 heteroatoms. The summed E-state index contributed by atoms with van der Waals surface area (Å²) >= 11 is 0. The molecule has 1 aromatic carbocycles. The third kappa shape index (κ3) is 1.74. The lowest BCUT2D eigenvalue weighted by Crippen LogP contribution is -1.91. The number of aromatic nitrogens is 2. The number of hydrogen-bond acceptors (Lipinski definition) is 2. The first-order valence-electron chi connectivity index (χ1n) is 5.72. The summed E-state index contributed by atoms with van der Waals surface area (Å²) in [5.41, 5.74) is 2.47. The first-order chi connectivity index (χ1) is 8.75. The van der Waals surface area contributed by atoms with Crippen LogP contribution in [0.15, 0.2) is 48.8 Å². The lowest BCUT2D eigenvalue weighted by atomic mass is 10.1. The van der Waals surface area contributed by atoms with Gasteiger partial charge in [-0.15, -0.1) is 0 Å². The summed E-state index contributed by atoms with van der Waals surface area (Å²) in [4.78, 5) is 8.57. The number of nitrogens with zero attached hydrogens (tertiary/aromatic N) is 2. The van der Waals surface area contributed by atoms with Crippen LogP contribution in [0.5, 0.6) is 0 Å². The van der Waals surface area contributed by atoms with Crippen LogP contribution in [0.3, 0.4) is 0 Å². The molecule has 2 nitrogen and oxygen atoms in total. The molecule has 0 atom stereocenters. The Morgan fingerprint density at radius 1 is 1.06 bits per heavy atom. The quantitative estimate of drug-likeness (QED) is 0.645. The first kappa shape index (κ1) is 10.8. The maximum atomic E-state index is 13.8. The van der Waals surface area contributed by atoms with E-state index < -0.39 is 0 Å². The highest BCUT2D eigenvalue weighted by Crippen LogP contribution is 2.25. The van der Waals surface area contributed by atoms with Gasteiger partial charge in [0.2, 0.25) is 0 Å². The van der Waals surface area contributed by atoms with E-state index in [1.807, 2.05) is 25.1 Å². The van der Waals surface area contributed by atoms with Gasteiger partial charge in [-0.2, -0.15) is 0 Å². The second-order valence-electron chi connectivity index (χ2n) is 4.17. The van der Waals surface area contributed by atoms with E-state index in [1.54, 1.807) is 24.5 Å². The average Bonchev–Trinajstić information content (AvgIpc) is 2.41. The molecule has 0 saturated carbocycles. The van der Waals surface area contributed by atoms with Gasteiger partial charge in [0.1, 0.15) is 5.82 Å². The molecule has 2 heterocycles. The molecule has 3 rings (SSSR count). The summed E-state index contributed by atoms with van der Waals surface area (Å²) in [7, 11) is 0. The van der Waals surface area contributed by atoms with Crippen molar-refractivity contribution in [2.24, 2.45) is 0 Å². The van der Waals surface area contributed by atoms with Crippen molar-refractivity contribution in [2.75, 3.05) is 0 Å². The van der Waals surface area contributed by atoms with Gasteiger partial charge in [0.25, 0.3) is 0 Å². The molecule has 0 radical (unpaired) electrons. The highest BCUT2D eigenvalue weighted by molar-refractivity contribution is 5.88. The van der Waals surface area contributed by atoms with E-state index in [9.17, 15) is 4.39 Å². The number of rotatable bonds is 1. The van der Waals surface area contributed by atoms with Gasteiger partial charge in [0, 0.05) is 34.4 Å². The number of aryl methyl sites for hydroxylation is 1. The third-order valence-electron chi connectivity index (χ3n) is 2.97. The highest BCUT2D eigenvalue weighted by Gasteiger charge is 2.07. The SMILES string of the molecule is Cc1nc(-c2cccnc2)cc2c(F)cccc12. The summed E-state index contributed by atoms with van der Waals surface area (Å²) in [6.07, 6.45) is 3.44. The van der Waals surface area contributed by atoms with Gasteiger partial charge in [0.15, 0.2) is 0 Å². The Balaban J connectivity index is 2.31. The summed E-state index contributed by atoms with van der Waals surface area (Å²) in [5, 5.41) is 1.45. The smallest absolute Gasteiger partial charge is 0.131 e. The molecule has 18 heavy (non-hydrogen) atoms. The first-order valence-corrected chi connectivity index (χ1v) is 5.72. The van der Waals surface area contributed by atoms with E-state index in [2.05, 4.69) is 9.97 Å². The molecule has 0 saturated heterocycles. The standard InChI is InChI=1S/C15H11FN2/c1-10-12-5-2-6-14(16)13(12)8-15(18-10)11-4-3-7-17-9-11/h2-9H,1H3. The Kier molecular flexibility index (Phi) is 2.52. The van der Waals surface area contributed by atoms with Crippen LogP contribution in [0.25, 0.3) is 22.0 Å². The lowest BCUT2D eigenvalue weighted by molar-refractivity contribution is 0.639. The topological polar surface area (TPSA) is 25.8 Å². The fourth-order valence-corrected chi connectivity index (χ4v) is 2.07. The molecule has 0 aliphatic carbocycles. The molecule has 0 aliphatic heterocycles. The maximum Gasteiger partial charge on any atom is 0.131 e. The van der Waals surface area contributed by atoms with Gasteiger partial charge in [-0.25, -0.2) is 4.39 Å². The molecule has 0 N–H and O–H groups in total. The molecule has 2 aromatic heterocycles. The van der Waals surface area contributed by atoms with E-state index in [4.69, 9.17) is 0 Å². The Bertz CT molecular complexity index is 708. The molecular weight excluding hydrogens is 227 g/mol. The van der Waals surface area contributed by atoms with E-state index in [-0.39, 0.29) is 5.82 Å². The van der Waals surface area contributed by atoms with Gasteiger partial charge in [0.05, 0.1) is 5.69 Å². The minimum Gasteiger partial charge on any atom is -0.264 e. The van der Waals surface area contributed by atoms with Gasteiger partial charge in [-0.1, -0.05) is 12.1 Å². The Morgan fingerprint density at radius 2 is 1.94 bits per heavy atom. The summed E-state index contributed by atoms with van der Waals surface area (Å²) in [5.74, 6) is -0.219. The number of benzene rings is 1. The largest absolute Gasteiger partial charge is 0.264 e. The van der Waals surface area contributed by atoms with Crippen LogP contribution in [0.4, 0.5) is 4.39 Å². The fourth-order valence-electron chi connectivity index (χ4n) is 2.07. The second-order valence-corrected chi connectivity index (χ2v) is 4.17. The van der Waals surface area contributed by atoms with E-state index in [0.717, 1.165) is 22.3 Å². The lowest BCUT2D eigenvalue weighted by Gasteiger charge is -2.07. The summed E-state index contributed by atoms with van der Waals surface area (Å²) < 4.78 is 13.8. The van der Waals surface area contributed by atoms with Crippen LogP contribution >= 0.6 is 0 Å².